The summed E-state index contributed by atoms with van der Waals surface area (Å²) in [6.45, 7) is 11.1. The second-order valence-corrected chi connectivity index (χ2v) is 6.94. The maximum Gasteiger partial charge on any atom is 0.0703 e. The van der Waals surface area contributed by atoms with Crippen LogP contribution in [0.2, 0.25) is 0 Å². The highest BCUT2D eigenvalue weighted by Crippen LogP contribution is 2.10. The zero-order valence-electron chi connectivity index (χ0n) is 17.2. The fraction of sp³-hybridized carbons (Fsp3) is 1.00. The molecule has 0 spiro atoms. The third kappa shape index (κ3) is 23.8. The van der Waals surface area contributed by atoms with Crippen LogP contribution < -0.4 is 0 Å². The number of unbranched alkanes of at least 4 members (excludes halogenated alkanes) is 9. The van der Waals surface area contributed by atoms with Gasteiger partial charge in [-0.25, -0.2) is 0 Å². The summed E-state index contributed by atoms with van der Waals surface area (Å²) in [6, 6.07) is 0. The molecule has 0 aromatic carbocycles. The van der Waals surface area contributed by atoms with Crippen LogP contribution in [0.15, 0.2) is 0 Å². The summed E-state index contributed by atoms with van der Waals surface area (Å²) < 4.78 is 21.9. The number of rotatable bonds is 21. The molecule has 4 heteroatoms. The van der Waals surface area contributed by atoms with Crippen LogP contribution in [-0.2, 0) is 18.9 Å². The first kappa shape index (κ1) is 24.8. The lowest BCUT2D eigenvalue weighted by Gasteiger charge is -2.09. The minimum Gasteiger partial charge on any atom is -0.379 e. The van der Waals surface area contributed by atoms with E-state index in [0.29, 0.717) is 39.6 Å². The fourth-order valence-electron chi connectivity index (χ4n) is 2.58. The molecule has 0 radical (unpaired) electrons. The summed E-state index contributed by atoms with van der Waals surface area (Å²) in [5, 5.41) is 0. The smallest absolute Gasteiger partial charge is 0.0703 e. The molecule has 152 valence electrons. The highest BCUT2D eigenvalue weighted by atomic mass is 16.6. The molecular formula is C21H44O4. The Kier molecular flexibility index (Phi) is 21.7. The predicted molar refractivity (Wildman–Crippen MR) is 105 cm³/mol. The van der Waals surface area contributed by atoms with Crippen molar-refractivity contribution in [2.45, 2.75) is 91.1 Å². The Labute approximate surface area is 156 Å². The van der Waals surface area contributed by atoms with Crippen LogP contribution in [0.5, 0.6) is 0 Å². The zero-order valence-corrected chi connectivity index (χ0v) is 17.2. The average molecular weight is 361 g/mol. The van der Waals surface area contributed by atoms with E-state index >= 15 is 0 Å². The molecule has 0 N–H and O–H groups in total. The van der Waals surface area contributed by atoms with Gasteiger partial charge in [0.2, 0.25) is 0 Å². The first-order valence-electron chi connectivity index (χ1n) is 10.6. The monoisotopic (exact) mass is 360 g/mol. The van der Waals surface area contributed by atoms with Crippen LogP contribution in [0.3, 0.4) is 0 Å². The molecule has 0 unspecified atom stereocenters. The SMILES string of the molecule is CCCCCCCCCCCCOCCOCCOCCOC(C)C. The molecule has 25 heavy (non-hydrogen) atoms. The molecule has 0 saturated carbocycles. The summed E-state index contributed by atoms with van der Waals surface area (Å²) in [4.78, 5) is 0. The topological polar surface area (TPSA) is 36.9 Å². The van der Waals surface area contributed by atoms with Gasteiger partial charge in [0.1, 0.15) is 0 Å². The summed E-state index contributed by atoms with van der Waals surface area (Å²) in [5.41, 5.74) is 0. The summed E-state index contributed by atoms with van der Waals surface area (Å²) in [7, 11) is 0. The largest absolute Gasteiger partial charge is 0.379 e. The second kappa shape index (κ2) is 21.9. The van der Waals surface area contributed by atoms with E-state index in [4.69, 9.17) is 18.9 Å². The van der Waals surface area contributed by atoms with Gasteiger partial charge in [0.15, 0.2) is 0 Å². The van der Waals surface area contributed by atoms with E-state index in [2.05, 4.69) is 6.92 Å². The highest BCUT2D eigenvalue weighted by Gasteiger charge is 1.95. The number of hydrogen-bond acceptors (Lipinski definition) is 4. The molecule has 0 bridgehead atoms. The van der Waals surface area contributed by atoms with Crippen molar-refractivity contribution >= 4 is 0 Å². The van der Waals surface area contributed by atoms with Crippen molar-refractivity contribution in [3.8, 4) is 0 Å². The van der Waals surface area contributed by atoms with E-state index in [1.54, 1.807) is 0 Å². The van der Waals surface area contributed by atoms with Crippen LogP contribution in [0, 0.1) is 0 Å². The van der Waals surface area contributed by atoms with Gasteiger partial charge in [-0.05, 0) is 20.3 Å². The van der Waals surface area contributed by atoms with Crippen molar-refractivity contribution in [3.63, 3.8) is 0 Å². The lowest BCUT2D eigenvalue weighted by atomic mass is 10.1. The van der Waals surface area contributed by atoms with Crippen LogP contribution in [0.1, 0.15) is 85.0 Å². The Morgan fingerprint density at radius 2 is 0.880 bits per heavy atom. The van der Waals surface area contributed by atoms with Gasteiger partial charge in [-0.2, -0.15) is 0 Å². The molecule has 0 rings (SSSR count). The van der Waals surface area contributed by atoms with Crippen LogP contribution >= 0.6 is 0 Å². The Morgan fingerprint density at radius 1 is 0.480 bits per heavy atom. The third-order valence-electron chi connectivity index (χ3n) is 4.07. The molecule has 0 fully saturated rings. The molecule has 0 amide bonds. The van der Waals surface area contributed by atoms with Crippen LogP contribution in [0.4, 0.5) is 0 Å². The van der Waals surface area contributed by atoms with Crippen LogP contribution in [-0.4, -0.2) is 52.4 Å². The maximum atomic E-state index is 5.59. The summed E-state index contributed by atoms with van der Waals surface area (Å²) >= 11 is 0. The van der Waals surface area contributed by atoms with Crippen molar-refractivity contribution in [1.29, 1.82) is 0 Å². The molecule has 0 saturated heterocycles. The summed E-state index contributed by atoms with van der Waals surface area (Å²) in [5.74, 6) is 0. The number of hydrogen-bond donors (Lipinski definition) is 0. The lowest BCUT2D eigenvalue weighted by molar-refractivity contribution is -0.0119. The standard InChI is InChI=1S/C21H44O4/c1-4-5-6-7-8-9-10-11-12-13-14-22-15-16-23-17-18-24-19-20-25-21(2)3/h21H,4-20H2,1-3H3. The molecule has 0 aromatic rings. The van der Waals surface area contributed by atoms with Gasteiger partial charge in [-0.3, -0.25) is 0 Å². The minimum absolute atomic E-state index is 0.271. The molecule has 0 aliphatic carbocycles. The fourth-order valence-corrected chi connectivity index (χ4v) is 2.58. The average Bonchev–Trinajstić information content (AvgIpc) is 2.60. The van der Waals surface area contributed by atoms with E-state index in [-0.39, 0.29) is 6.10 Å². The van der Waals surface area contributed by atoms with Gasteiger partial charge in [0, 0.05) is 6.61 Å². The van der Waals surface area contributed by atoms with Crippen LogP contribution in [0.25, 0.3) is 0 Å². The predicted octanol–water partition coefficient (Wildman–Crippen LogP) is 5.38. The van der Waals surface area contributed by atoms with Crippen molar-refractivity contribution in [1.82, 2.24) is 0 Å². The molecule has 4 nitrogen and oxygen atoms in total. The Balaban J connectivity index is 2.96. The molecule has 0 aliphatic rings. The van der Waals surface area contributed by atoms with E-state index in [9.17, 15) is 0 Å². The van der Waals surface area contributed by atoms with Gasteiger partial charge in [-0.1, -0.05) is 64.7 Å². The molecule has 0 heterocycles. The van der Waals surface area contributed by atoms with Gasteiger partial charge >= 0.3 is 0 Å². The number of ether oxygens (including phenoxy) is 4. The van der Waals surface area contributed by atoms with Crippen molar-refractivity contribution in [2.24, 2.45) is 0 Å². The Bertz CT molecular complexity index is 234. The molecule has 0 aliphatic heterocycles. The highest BCUT2D eigenvalue weighted by molar-refractivity contribution is 4.47. The van der Waals surface area contributed by atoms with Crippen molar-refractivity contribution < 1.29 is 18.9 Å². The first-order chi connectivity index (χ1) is 12.3. The molecular weight excluding hydrogens is 316 g/mol. The van der Waals surface area contributed by atoms with Crippen molar-refractivity contribution in [3.05, 3.63) is 0 Å². The van der Waals surface area contributed by atoms with E-state index in [1.165, 1.54) is 64.2 Å². The zero-order chi connectivity index (χ0) is 18.4. The molecule has 0 aromatic heterocycles. The summed E-state index contributed by atoms with van der Waals surface area (Å²) in [6.07, 6.45) is 13.9. The quantitative estimate of drug-likeness (QED) is 0.257. The third-order valence-corrected chi connectivity index (χ3v) is 4.07. The normalized spacial score (nSPS) is 11.5. The first-order valence-corrected chi connectivity index (χ1v) is 10.6. The minimum atomic E-state index is 0.271. The Hall–Kier alpha value is -0.160. The van der Waals surface area contributed by atoms with Gasteiger partial charge < -0.3 is 18.9 Å². The Morgan fingerprint density at radius 3 is 1.36 bits per heavy atom. The van der Waals surface area contributed by atoms with Gasteiger partial charge in [-0.15, -0.1) is 0 Å². The van der Waals surface area contributed by atoms with Gasteiger partial charge in [0.05, 0.1) is 45.7 Å². The lowest BCUT2D eigenvalue weighted by Crippen LogP contribution is -2.13. The van der Waals surface area contributed by atoms with Crippen molar-refractivity contribution in [2.75, 3.05) is 46.2 Å². The van der Waals surface area contributed by atoms with Gasteiger partial charge in [0.25, 0.3) is 0 Å². The van der Waals surface area contributed by atoms with E-state index in [1.807, 2.05) is 13.8 Å². The second-order valence-electron chi connectivity index (χ2n) is 6.94. The molecule has 0 atom stereocenters. The maximum absolute atomic E-state index is 5.59. The van der Waals surface area contributed by atoms with E-state index in [0.717, 1.165) is 6.61 Å². The van der Waals surface area contributed by atoms with E-state index < -0.39 is 0 Å².